The molecule has 1 heterocycles. The van der Waals surface area contributed by atoms with Crippen molar-refractivity contribution >= 4 is 45.8 Å². The highest BCUT2D eigenvalue weighted by Crippen LogP contribution is 2.47. The van der Waals surface area contributed by atoms with Crippen LogP contribution in [0.15, 0.2) is 72.9 Å². The predicted octanol–water partition coefficient (Wildman–Crippen LogP) is 5.28. The van der Waals surface area contributed by atoms with Crippen LogP contribution < -0.4 is 30.7 Å². The summed E-state index contributed by atoms with van der Waals surface area (Å²) in [4.78, 5) is 42.0. The number of amides is 4. The summed E-state index contributed by atoms with van der Waals surface area (Å²) in [6.45, 7) is 0. The third-order valence-electron chi connectivity index (χ3n) is 6.56. The van der Waals surface area contributed by atoms with Gasteiger partial charge in [-0.15, -0.1) is 0 Å². The fourth-order valence-corrected chi connectivity index (χ4v) is 4.14. The Labute approximate surface area is 228 Å². The van der Waals surface area contributed by atoms with E-state index in [1.165, 1.54) is 38.4 Å². The van der Waals surface area contributed by atoms with Crippen LogP contribution in [0.4, 0.5) is 26.2 Å². The number of fused-ring (bicyclic) bond motifs is 1. The number of urea groups is 1. The van der Waals surface area contributed by atoms with E-state index >= 15 is 0 Å². The topological polar surface area (TPSA) is 131 Å². The number of pyridine rings is 1. The molecule has 0 saturated heterocycles. The molecule has 0 unspecified atom stereocenters. The van der Waals surface area contributed by atoms with Crippen LogP contribution in [0.1, 0.15) is 12.8 Å². The highest BCUT2D eigenvalue weighted by molar-refractivity contribution is 6.16. The van der Waals surface area contributed by atoms with Crippen molar-refractivity contribution in [1.29, 1.82) is 0 Å². The first-order valence-electron chi connectivity index (χ1n) is 12.4. The van der Waals surface area contributed by atoms with E-state index in [1.807, 2.05) is 0 Å². The number of anilines is 3. The van der Waals surface area contributed by atoms with Gasteiger partial charge in [0, 0.05) is 36.1 Å². The summed E-state index contributed by atoms with van der Waals surface area (Å²) in [5, 5.41) is 11.4. The van der Waals surface area contributed by atoms with Crippen molar-refractivity contribution in [2.45, 2.75) is 12.8 Å². The summed E-state index contributed by atoms with van der Waals surface area (Å²) in [6, 6.07) is 16.8. The van der Waals surface area contributed by atoms with Crippen LogP contribution in [0.2, 0.25) is 0 Å². The van der Waals surface area contributed by atoms with Gasteiger partial charge in [0.25, 0.3) is 0 Å². The van der Waals surface area contributed by atoms with Crippen LogP contribution in [0, 0.1) is 11.2 Å². The highest BCUT2D eigenvalue weighted by Gasteiger charge is 2.56. The van der Waals surface area contributed by atoms with Gasteiger partial charge in [-0.05, 0) is 73.5 Å². The quantitative estimate of drug-likeness (QED) is 0.224. The molecule has 0 atom stereocenters. The van der Waals surface area contributed by atoms with Gasteiger partial charge in [0.05, 0.1) is 18.3 Å². The zero-order chi connectivity index (χ0) is 28.3. The van der Waals surface area contributed by atoms with E-state index in [1.54, 1.807) is 48.7 Å². The summed E-state index contributed by atoms with van der Waals surface area (Å²) in [5.74, 6) is 0.190. The summed E-state index contributed by atoms with van der Waals surface area (Å²) in [5.41, 5.74) is 0.809. The zero-order valence-electron chi connectivity index (χ0n) is 21.7. The molecule has 1 fully saturated rings. The van der Waals surface area contributed by atoms with Crippen LogP contribution >= 0.6 is 0 Å². The Morgan fingerprint density at radius 3 is 2.05 bits per heavy atom. The largest absolute Gasteiger partial charge is 0.494 e. The second-order valence-electron chi connectivity index (χ2n) is 9.21. The maximum Gasteiger partial charge on any atom is 0.319 e. The molecule has 4 amide bonds. The number of hydrogen-bond donors (Lipinski definition) is 4. The van der Waals surface area contributed by atoms with Crippen LogP contribution in [0.3, 0.4) is 0 Å². The van der Waals surface area contributed by atoms with Gasteiger partial charge < -0.3 is 30.7 Å². The lowest BCUT2D eigenvalue weighted by Crippen LogP contribution is -2.35. The Morgan fingerprint density at radius 1 is 0.850 bits per heavy atom. The molecule has 4 N–H and O–H groups in total. The first-order valence-corrected chi connectivity index (χ1v) is 12.4. The van der Waals surface area contributed by atoms with E-state index < -0.39 is 29.1 Å². The molecule has 3 aromatic carbocycles. The Bertz CT molecular complexity index is 1590. The van der Waals surface area contributed by atoms with Crippen molar-refractivity contribution in [3.8, 4) is 17.2 Å². The van der Waals surface area contributed by atoms with Crippen LogP contribution in [0.25, 0.3) is 10.9 Å². The molecule has 0 bridgehead atoms. The molecular formula is C29H26FN5O5. The molecule has 1 aliphatic carbocycles. The summed E-state index contributed by atoms with van der Waals surface area (Å²) in [6.07, 6.45) is 2.44. The van der Waals surface area contributed by atoms with Gasteiger partial charge in [0.1, 0.15) is 28.5 Å². The molecule has 1 saturated carbocycles. The third-order valence-corrected chi connectivity index (χ3v) is 6.56. The molecule has 10 nitrogen and oxygen atoms in total. The Balaban J connectivity index is 1.28. The SMILES string of the molecule is CNC(=O)Nc1cc2c(Oc3ccc(NC(=O)C4(C(=O)Nc5ccc(F)cc5)CC4)cc3)ccnc2cc1OC. The number of carbonyl (C=O) groups excluding carboxylic acids is 3. The molecule has 0 spiro atoms. The zero-order valence-corrected chi connectivity index (χ0v) is 21.7. The Hall–Kier alpha value is -5.19. The number of rotatable bonds is 8. The number of benzene rings is 3. The van der Waals surface area contributed by atoms with Gasteiger partial charge in [-0.2, -0.15) is 0 Å². The minimum atomic E-state index is -1.17. The molecule has 1 aromatic heterocycles. The minimum absolute atomic E-state index is 0.400. The third kappa shape index (κ3) is 5.48. The van der Waals surface area contributed by atoms with Crippen molar-refractivity contribution in [3.63, 3.8) is 0 Å². The normalized spacial score (nSPS) is 13.2. The molecule has 5 rings (SSSR count). The van der Waals surface area contributed by atoms with E-state index in [0.717, 1.165) is 0 Å². The second-order valence-corrected chi connectivity index (χ2v) is 9.21. The second kappa shape index (κ2) is 10.9. The predicted molar refractivity (Wildman–Crippen MR) is 148 cm³/mol. The number of nitrogens with zero attached hydrogens (tertiary/aromatic N) is 1. The van der Waals surface area contributed by atoms with Crippen molar-refractivity contribution < 1.29 is 28.2 Å². The van der Waals surface area contributed by atoms with Crippen LogP contribution in [-0.4, -0.2) is 37.0 Å². The maximum atomic E-state index is 13.1. The molecular weight excluding hydrogens is 517 g/mol. The van der Waals surface area contributed by atoms with Crippen molar-refractivity contribution in [2.24, 2.45) is 5.41 Å². The first kappa shape index (κ1) is 26.4. The smallest absolute Gasteiger partial charge is 0.319 e. The van der Waals surface area contributed by atoms with Gasteiger partial charge in [0.15, 0.2) is 0 Å². The number of aromatic nitrogens is 1. The molecule has 0 aliphatic heterocycles. The standard InChI is InChI=1S/C29H26FN5O5/c1-31-28(38)35-23-15-21-22(16-25(23)39-2)32-14-11-24(21)40-20-9-7-19(8-10-20)34-27(37)29(12-13-29)26(36)33-18-5-3-17(30)4-6-18/h3-11,14-16H,12-13H2,1-2H3,(H,33,36)(H,34,37)(H2,31,35,38). The van der Waals surface area contributed by atoms with Crippen molar-refractivity contribution in [3.05, 3.63) is 78.7 Å². The fourth-order valence-electron chi connectivity index (χ4n) is 4.14. The van der Waals surface area contributed by atoms with E-state index in [-0.39, 0.29) is 0 Å². The van der Waals surface area contributed by atoms with E-state index in [4.69, 9.17) is 9.47 Å². The highest BCUT2D eigenvalue weighted by atomic mass is 19.1. The summed E-state index contributed by atoms with van der Waals surface area (Å²) >= 11 is 0. The van der Waals surface area contributed by atoms with Crippen molar-refractivity contribution in [1.82, 2.24) is 10.3 Å². The number of hydrogen-bond acceptors (Lipinski definition) is 6. The lowest BCUT2D eigenvalue weighted by atomic mass is 10.0. The molecule has 40 heavy (non-hydrogen) atoms. The number of nitrogens with one attached hydrogen (secondary N) is 4. The van der Waals surface area contributed by atoms with E-state index in [0.29, 0.717) is 58.1 Å². The summed E-state index contributed by atoms with van der Waals surface area (Å²) < 4.78 is 24.6. The molecule has 1 aliphatic rings. The van der Waals surface area contributed by atoms with Crippen molar-refractivity contribution in [2.75, 3.05) is 30.1 Å². The van der Waals surface area contributed by atoms with Gasteiger partial charge >= 0.3 is 6.03 Å². The van der Waals surface area contributed by atoms with Gasteiger partial charge in [-0.1, -0.05) is 0 Å². The number of methoxy groups -OCH3 is 1. The molecule has 4 aromatic rings. The average Bonchev–Trinajstić information content (AvgIpc) is 3.78. The maximum absolute atomic E-state index is 13.1. The molecule has 0 radical (unpaired) electrons. The van der Waals surface area contributed by atoms with E-state index in [9.17, 15) is 18.8 Å². The average molecular weight is 544 g/mol. The number of ether oxygens (including phenoxy) is 2. The Kier molecular flexibility index (Phi) is 7.19. The number of carbonyl (C=O) groups is 3. The Morgan fingerprint density at radius 2 is 1.48 bits per heavy atom. The van der Waals surface area contributed by atoms with Crippen LogP contribution in [-0.2, 0) is 9.59 Å². The molecule has 204 valence electrons. The lowest BCUT2D eigenvalue weighted by molar-refractivity contribution is -0.131. The summed E-state index contributed by atoms with van der Waals surface area (Å²) in [7, 11) is 3.01. The van der Waals surface area contributed by atoms with Gasteiger partial charge in [-0.3, -0.25) is 14.6 Å². The van der Waals surface area contributed by atoms with E-state index in [2.05, 4.69) is 26.3 Å². The minimum Gasteiger partial charge on any atom is -0.494 e. The fraction of sp³-hybridized carbons (Fsp3) is 0.172. The monoisotopic (exact) mass is 543 g/mol. The molecule has 11 heteroatoms. The first-order chi connectivity index (χ1) is 19.3. The van der Waals surface area contributed by atoms with Gasteiger partial charge in [0.2, 0.25) is 11.8 Å². The van der Waals surface area contributed by atoms with Gasteiger partial charge in [-0.25, -0.2) is 9.18 Å². The van der Waals surface area contributed by atoms with Crippen LogP contribution in [0.5, 0.6) is 17.2 Å². The number of halogens is 1. The lowest BCUT2D eigenvalue weighted by Gasteiger charge is -2.16.